The zero-order valence-electron chi connectivity index (χ0n) is 19.1. The van der Waals surface area contributed by atoms with Gasteiger partial charge in [-0.3, -0.25) is 9.69 Å². The topological polar surface area (TPSA) is 87.0 Å². The summed E-state index contributed by atoms with van der Waals surface area (Å²) in [6.45, 7) is 3.22. The second-order valence-electron chi connectivity index (χ2n) is 8.92. The molecular formula is C25H24ClFN4O3S. The van der Waals surface area contributed by atoms with Gasteiger partial charge in [-0.25, -0.2) is 14.4 Å². The first-order valence-electron chi connectivity index (χ1n) is 11.4. The number of hydrogen-bond acceptors (Lipinski definition) is 7. The molecule has 182 valence electrons. The maximum absolute atomic E-state index is 13.9. The summed E-state index contributed by atoms with van der Waals surface area (Å²) in [5.41, 5.74) is 1.01. The summed E-state index contributed by atoms with van der Waals surface area (Å²) in [6, 6.07) is 3.49. The van der Waals surface area contributed by atoms with Gasteiger partial charge in [-0.1, -0.05) is 29.5 Å². The Labute approximate surface area is 211 Å². The van der Waals surface area contributed by atoms with E-state index in [0.29, 0.717) is 47.6 Å². The standard InChI is InChI=1S/C25H24ClFN4O3S/c1-25(17-7-5-16(27)12-19(17)26)18(6-4-15-2-3-15)20(29-22(30-25)23-28-8-11-35-23)13-31-9-10-34-14-21(31)24(32)33/h5,7-8,11-12,15,21H,2-3,9-10,13-14H2,1H3,(H,29,30)(H,32,33)/t21-,25-/m0/s1. The summed E-state index contributed by atoms with van der Waals surface area (Å²) in [5.74, 6) is 6.17. The van der Waals surface area contributed by atoms with Crippen LogP contribution in [0.5, 0.6) is 0 Å². The number of hydrogen-bond donors (Lipinski definition) is 2. The Morgan fingerprint density at radius 1 is 1.46 bits per heavy atom. The molecule has 3 aliphatic rings. The van der Waals surface area contributed by atoms with Crippen LogP contribution in [0.4, 0.5) is 4.39 Å². The van der Waals surface area contributed by atoms with Crippen molar-refractivity contribution in [3.8, 4) is 11.8 Å². The fraction of sp³-hybridized carbons (Fsp3) is 0.400. The fourth-order valence-corrected chi connectivity index (χ4v) is 5.23. The van der Waals surface area contributed by atoms with E-state index in [4.69, 9.17) is 21.3 Å². The Kier molecular flexibility index (Phi) is 6.64. The van der Waals surface area contributed by atoms with Crippen molar-refractivity contribution in [2.45, 2.75) is 31.3 Å². The number of aliphatic carboxylic acids is 1. The number of carboxylic acids is 1. The van der Waals surface area contributed by atoms with E-state index in [1.165, 1.54) is 23.5 Å². The third kappa shape index (κ3) is 4.98. The van der Waals surface area contributed by atoms with Gasteiger partial charge in [0.2, 0.25) is 0 Å². The van der Waals surface area contributed by atoms with E-state index >= 15 is 0 Å². The SMILES string of the molecule is C[C@@]1(c2ccc(F)cc2Cl)N=C(c2nccs2)NC(CN2CCOC[C@H]2C(=O)O)=C1C#CC1CC1. The second kappa shape index (κ2) is 9.70. The molecule has 0 amide bonds. The predicted octanol–water partition coefficient (Wildman–Crippen LogP) is 3.65. The monoisotopic (exact) mass is 514 g/mol. The quantitative estimate of drug-likeness (QED) is 0.592. The molecule has 5 rings (SSSR count). The van der Waals surface area contributed by atoms with E-state index < -0.39 is 23.4 Å². The summed E-state index contributed by atoms with van der Waals surface area (Å²) >= 11 is 7.98. The summed E-state index contributed by atoms with van der Waals surface area (Å²) in [7, 11) is 0. The normalized spacial score (nSPS) is 24.9. The number of amidine groups is 1. The first-order valence-corrected chi connectivity index (χ1v) is 12.6. The third-order valence-electron chi connectivity index (χ3n) is 6.35. The van der Waals surface area contributed by atoms with Gasteiger partial charge in [0, 0.05) is 46.9 Å². The van der Waals surface area contributed by atoms with Gasteiger partial charge in [-0.2, -0.15) is 0 Å². The number of carboxylic acid groups (broad SMARTS) is 1. The number of morpholine rings is 1. The number of carbonyl (C=O) groups is 1. The number of ether oxygens (including phenoxy) is 1. The molecule has 1 saturated carbocycles. The number of nitrogens with one attached hydrogen (secondary N) is 1. The van der Waals surface area contributed by atoms with Crippen LogP contribution in [0.25, 0.3) is 0 Å². The Bertz CT molecular complexity index is 1270. The third-order valence-corrected chi connectivity index (χ3v) is 7.44. The molecule has 10 heteroatoms. The van der Waals surface area contributed by atoms with Gasteiger partial charge in [0.15, 0.2) is 10.8 Å². The summed E-state index contributed by atoms with van der Waals surface area (Å²) in [5, 5.41) is 15.9. The van der Waals surface area contributed by atoms with Gasteiger partial charge in [0.05, 0.1) is 18.8 Å². The van der Waals surface area contributed by atoms with Crippen LogP contribution in [0.3, 0.4) is 0 Å². The number of rotatable bonds is 5. The minimum absolute atomic E-state index is 0.111. The maximum Gasteiger partial charge on any atom is 0.323 e. The fourth-order valence-electron chi connectivity index (χ4n) is 4.30. The van der Waals surface area contributed by atoms with Gasteiger partial charge in [-0.05, 0) is 31.9 Å². The molecule has 1 saturated heterocycles. The molecular weight excluding hydrogens is 491 g/mol. The van der Waals surface area contributed by atoms with E-state index in [2.05, 4.69) is 22.1 Å². The molecule has 1 aromatic carbocycles. The van der Waals surface area contributed by atoms with Crippen molar-refractivity contribution in [2.75, 3.05) is 26.3 Å². The molecule has 0 radical (unpaired) electrons. The van der Waals surface area contributed by atoms with Gasteiger partial charge in [0.25, 0.3) is 0 Å². The largest absolute Gasteiger partial charge is 0.480 e. The predicted molar refractivity (Wildman–Crippen MR) is 132 cm³/mol. The van der Waals surface area contributed by atoms with Gasteiger partial charge < -0.3 is 15.2 Å². The van der Waals surface area contributed by atoms with Crippen LogP contribution >= 0.6 is 22.9 Å². The van der Waals surface area contributed by atoms with E-state index in [9.17, 15) is 14.3 Å². The number of aromatic nitrogens is 1. The molecule has 35 heavy (non-hydrogen) atoms. The van der Waals surface area contributed by atoms with Crippen LogP contribution in [-0.2, 0) is 15.1 Å². The Hall–Kier alpha value is -2.77. The smallest absolute Gasteiger partial charge is 0.323 e. The van der Waals surface area contributed by atoms with E-state index in [-0.39, 0.29) is 11.6 Å². The maximum atomic E-state index is 13.9. The molecule has 2 aromatic rings. The highest BCUT2D eigenvalue weighted by molar-refractivity contribution is 7.11. The van der Waals surface area contributed by atoms with Crippen LogP contribution in [0.2, 0.25) is 5.02 Å². The molecule has 1 aromatic heterocycles. The van der Waals surface area contributed by atoms with Crippen LogP contribution in [0.1, 0.15) is 30.3 Å². The van der Waals surface area contributed by atoms with Crippen molar-refractivity contribution >= 4 is 34.7 Å². The average Bonchev–Trinajstić information content (AvgIpc) is 3.48. The van der Waals surface area contributed by atoms with E-state index in [1.54, 1.807) is 12.3 Å². The number of thiazole rings is 1. The highest BCUT2D eigenvalue weighted by Crippen LogP contribution is 2.42. The van der Waals surface area contributed by atoms with Crippen molar-refractivity contribution in [3.63, 3.8) is 0 Å². The zero-order chi connectivity index (χ0) is 24.6. The molecule has 0 spiro atoms. The molecule has 1 aliphatic carbocycles. The number of halogens is 2. The van der Waals surface area contributed by atoms with Crippen LogP contribution in [-0.4, -0.2) is 59.1 Å². The summed E-state index contributed by atoms with van der Waals surface area (Å²) in [6.07, 6.45) is 3.80. The van der Waals surface area contributed by atoms with Gasteiger partial charge >= 0.3 is 5.97 Å². The lowest BCUT2D eigenvalue weighted by Crippen LogP contribution is -2.52. The lowest BCUT2D eigenvalue weighted by atomic mass is 9.82. The molecule has 2 aliphatic heterocycles. The van der Waals surface area contributed by atoms with Crippen LogP contribution in [0.15, 0.2) is 46.0 Å². The summed E-state index contributed by atoms with van der Waals surface area (Å²) < 4.78 is 19.4. The summed E-state index contributed by atoms with van der Waals surface area (Å²) in [4.78, 5) is 23.2. The van der Waals surface area contributed by atoms with E-state index in [0.717, 1.165) is 18.5 Å². The highest BCUT2D eigenvalue weighted by Gasteiger charge is 2.40. The molecule has 3 heterocycles. The van der Waals surface area contributed by atoms with Crippen LogP contribution in [0, 0.1) is 23.6 Å². The van der Waals surface area contributed by atoms with Crippen molar-refractivity contribution < 1.29 is 19.0 Å². The molecule has 2 N–H and O–H groups in total. The van der Waals surface area contributed by atoms with Crippen molar-refractivity contribution in [3.05, 3.63) is 62.5 Å². The number of benzene rings is 1. The molecule has 2 fully saturated rings. The molecule has 0 unspecified atom stereocenters. The average molecular weight is 515 g/mol. The Morgan fingerprint density at radius 3 is 2.97 bits per heavy atom. The van der Waals surface area contributed by atoms with Crippen molar-refractivity contribution in [2.24, 2.45) is 10.9 Å². The van der Waals surface area contributed by atoms with E-state index in [1.807, 2.05) is 17.2 Å². The lowest BCUT2D eigenvalue weighted by Gasteiger charge is -2.38. The molecule has 2 atom stereocenters. The van der Waals surface area contributed by atoms with Gasteiger partial charge in [0.1, 0.15) is 17.4 Å². The first kappa shape index (κ1) is 23.9. The molecule has 7 nitrogen and oxygen atoms in total. The lowest BCUT2D eigenvalue weighted by molar-refractivity contribution is -0.149. The second-order valence-corrected chi connectivity index (χ2v) is 10.2. The number of nitrogens with zero attached hydrogens (tertiary/aromatic N) is 3. The van der Waals surface area contributed by atoms with Crippen LogP contribution < -0.4 is 5.32 Å². The first-order chi connectivity index (χ1) is 16.8. The highest BCUT2D eigenvalue weighted by atomic mass is 35.5. The Morgan fingerprint density at radius 2 is 2.29 bits per heavy atom. The van der Waals surface area contributed by atoms with Crippen molar-refractivity contribution in [1.29, 1.82) is 0 Å². The van der Waals surface area contributed by atoms with Crippen molar-refractivity contribution in [1.82, 2.24) is 15.2 Å². The molecule has 0 bridgehead atoms. The van der Waals surface area contributed by atoms with Gasteiger partial charge in [-0.15, -0.1) is 11.3 Å². The minimum atomic E-state index is -1.03. The number of aliphatic imine (C=N–C) groups is 1. The zero-order valence-corrected chi connectivity index (χ0v) is 20.6. The Balaban J connectivity index is 1.66. The minimum Gasteiger partial charge on any atom is -0.480 e.